The Morgan fingerprint density at radius 1 is 1.22 bits per heavy atom. The SMILES string of the molecule is C[C@H]1CC[C@H]2C(=C1C1CCC1)OC1[I-]CC=C[C@@H]12. The number of allylic oxidation sites excluding steroid dienone is 3. The second-order valence-electron chi connectivity index (χ2n) is 6.32. The summed E-state index contributed by atoms with van der Waals surface area (Å²) >= 11 is 0.249. The van der Waals surface area contributed by atoms with Crippen LogP contribution in [0.4, 0.5) is 0 Å². The fourth-order valence-corrected chi connectivity index (χ4v) is 6.97. The van der Waals surface area contributed by atoms with Crippen molar-refractivity contribution in [2.24, 2.45) is 23.7 Å². The summed E-state index contributed by atoms with van der Waals surface area (Å²) in [4.78, 5) is 0. The molecule has 0 aromatic carbocycles. The molecule has 1 saturated carbocycles. The summed E-state index contributed by atoms with van der Waals surface area (Å²) in [6.07, 6.45) is 12.0. The molecule has 1 nitrogen and oxygen atoms in total. The van der Waals surface area contributed by atoms with Crippen LogP contribution in [0.15, 0.2) is 23.5 Å². The van der Waals surface area contributed by atoms with Crippen LogP contribution in [0.3, 0.4) is 0 Å². The summed E-state index contributed by atoms with van der Waals surface area (Å²) in [5.74, 6) is 4.69. The summed E-state index contributed by atoms with van der Waals surface area (Å²) in [6, 6.07) is 0. The minimum absolute atomic E-state index is 0.249. The van der Waals surface area contributed by atoms with Crippen molar-refractivity contribution in [3.05, 3.63) is 23.5 Å². The molecule has 0 radical (unpaired) electrons. The third-order valence-electron chi connectivity index (χ3n) is 5.30. The van der Waals surface area contributed by atoms with Crippen LogP contribution in [0, 0.1) is 23.7 Å². The number of ether oxygens (including phenoxy) is 1. The van der Waals surface area contributed by atoms with Gasteiger partial charge in [-0.2, -0.15) is 0 Å². The number of hydrogen-bond acceptors (Lipinski definition) is 1. The van der Waals surface area contributed by atoms with Crippen molar-refractivity contribution in [3.63, 3.8) is 0 Å². The molecular formula is C16H22IO-. The molecule has 4 rings (SSSR count). The zero-order valence-corrected chi connectivity index (χ0v) is 13.2. The van der Waals surface area contributed by atoms with Gasteiger partial charge in [0.2, 0.25) is 0 Å². The first-order chi connectivity index (χ1) is 8.84. The van der Waals surface area contributed by atoms with Gasteiger partial charge in [0.15, 0.2) is 0 Å². The molecule has 4 atom stereocenters. The molecule has 2 aliphatic heterocycles. The molecule has 0 bridgehead atoms. The maximum absolute atomic E-state index is 6.49. The zero-order chi connectivity index (χ0) is 12.1. The van der Waals surface area contributed by atoms with E-state index in [9.17, 15) is 0 Å². The van der Waals surface area contributed by atoms with Gasteiger partial charge < -0.3 is 0 Å². The van der Waals surface area contributed by atoms with Crippen LogP contribution in [-0.4, -0.2) is 8.54 Å². The Morgan fingerprint density at radius 3 is 2.89 bits per heavy atom. The molecule has 2 fully saturated rings. The zero-order valence-electron chi connectivity index (χ0n) is 11.1. The van der Waals surface area contributed by atoms with Crippen molar-refractivity contribution in [2.45, 2.75) is 43.1 Å². The Hall–Kier alpha value is 0.01000. The van der Waals surface area contributed by atoms with Gasteiger partial charge in [0, 0.05) is 0 Å². The molecule has 0 aromatic heterocycles. The number of alkyl halides is 2. The normalized spacial score (nSPS) is 43.6. The van der Waals surface area contributed by atoms with Crippen LogP contribution < -0.4 is 21.2 Å². The fraction of sp³-hybridized carbons (Fsp3) is 0.750. The molecule has 4 aliphatic rings. The maximum atomic E-state index is 6.49. The molecule has 0 aromatic rings. The Kier molecular flexibility index (Phi) is 2.97. The van der Waals surface area contributed by atoms with Crippen molar-refractivity contribution in [1.82, 2.24) is 0 Å². The van der Waals surface area contributed by atoms with E-state index in [1.165, 1.54) is 42.3 Å². The van der Waals surface area contributed by atoms with Gasteiger partial charge in [0.25, 0.3) is 0 Å². The topological polar surface area (TPSA) is 9.23 Å². The Balaban J connectivity index is 1.72. The average Bonchev–Trinajstić information content (AvgIpc) is 2.69. The predicted molar refractivity (Wildman–Crippen MR) is 68.6 cm³/mol. The van der Waals surface area contributed by atoms with Crippen LogP contribution in [0.2, 0.25) is 0 Å². The molecule has 2 heterocycles. The van der Waals surface area contributed by atoms with Crippen molar-refractivity contribution >= 4 is 0 Å². The first-order valence-electron chi connectivity index (χ1n) is 7.49. The summed E-state index contributed by atoms with van der Waals surface area (Å²) in [6.45, 7) is 2.44. The Labute approximate surface area is 120 Å². The number of hydrogen-bond donors (Lipinski definition) is 0. The van der Waals surface area contributed by atoms with Crippen LogP contribution in [0.1, 0.15) is 39.0 Å². The Morgan fingerprint density at radius 2 is 2.11 bits per heavy atom. The molecule has 18 heavy (non-hydrogen) atoms. The van der Waals surface area contributed by atoms with E-state index in [-0.39, 0.29) is 21.2 Å². The van der Waals surface area contributed by atoms with E-state index in [4.69, 9.17) is 4.74 Å². The molecule has 0 amide bonds. The van der Waals surface area contributed by atoms with Crippen molar-refractivity contribution < 1.29 is 25.9 Å². The number of rotatable bonds is 1. The molecule has 0 N–H and O–H groups in total. The van der Waals surface area contributed by atoms with Crippen molar-refractivity contribution in [2.75, 3.05) is 4.43 Å². The number of fused-ring (bicyclic) bond motifs is 3. The molecule has 1 saturated heterocycles. The molecule has 0 spiro atoms. The fourth-order valence-electron chi connectivity index (χ4n) is 4.10. The van der Waals surface area contributed by atoms with E-state index in [2.05, 4.69) is 19.1 Å². The minimum atomic E-state index is 0.249. The molecule has 1 unspecified atom stereocenters. The molecular weight excluding hydrogens is 335 g/mol. The summed E-state index contributed by atoms with van der Waals surface area (Å²) in [5, 5.41) is 0. The number of halogens is 1. The van der Waals surface area contributed by atoms with Gasteiger partial charge in [0.1, 0.15) is 0 Å². The average molecular weight is 357 g/mol. The summed E-state index contributed by atoms with van der Waals surface area (Å²) < 4.78 is 8.43. The van der Waals surface area contributed by atoms with Crippen LogP contribution >= 0.6 is 0 Å². The third-order valence-corrected chi connectivity index (χ3v) is 8.27. The van der Waals surface area contributed by atoms with E-state index in [1.807, 2.05) is 0 Å². The van der Waals surface area contributed by atoms with E-state index in [0.717, 1.165) is 23.7 Å². The van der Waals surface area contributed by atoms with E-state index in [1.54, 1.807) is 5.57 Å². The summed E-state index contributed by atoms with van der Waals surface area (Å²) in [5.41, 5.74) is 1.75. The summed E-state index contributed by atoms with van der Waals surface area (Å²) in [7, 11) is 0. The van der Waals surface area contributed by atoms with Gasteiger partial charge in [-0.25, -0.2) is 0 Å². The van der Waals surface area contributed by atoms with Crippen LogP contribution in [0.5, 0.6) is 0 Å². The second-order valence-corrected chi connectivity index (χ2v) is 9.30. The quantitative estimate of drug-likeness (QED) is 0.382. The van der Waals surface area contributed by atoms with Gasteiger partial charge in [-0.3, -0.25) is 0 Å². The van der Waals surface area contributed by atoms with Crippen LogP contribution in [0.25, 0.3) is 0 Å². The second kappa shape index (κ2) is 4.53. The Bertz CT molecular complexity index is 407. The van der Waals surface area contributed by atoms with Gasteiger partial charge in [-0.15, -0.1) is 0 Å². The monoisotopic (exact) mass is 357 g/mol. The van der Waals surface area contributed by atoms with E-state index < -0.39 is 0 Å². The van der Waals surface area contributed by atoms with Gasteiger partial charge >= 0.3 is 121 Å². The first-order valence-corrected chi connectivity index (χ1v) is 10.3. The van der Waals surface area contributed by atoms with E-state index >= 15 is 0 Å². The standard InChI is InChI=1S/C16H22IO/c1-10-7-8-12-13-6-3-9-17-16(13)18-15(12)14(10)11-4-2-5-11/h3,6,10-13,16H,2,4-5,7-9H2,1H3/q-1/t10-,12+,13+,16?/m0/s1. The third kappa shape index (κ3) is 1.70. The van der Waals surface area contributed by atoms with Gasteiger partial charge in [-0.05, 0) is 0 Å². The molecule has 2 aliphatic carbocycles. The van der Waals surface area contributed by atoms with Crippen molar-refractivity contribution in [1.29, 1.82) is 0 Å². The van der Waals surface area contributed by atoms with Gasteiger partial charge in [0.05, 0.1) is 0 Å². The van der Waals surface area contributed by atoms with Gasteiger partial charge in [-0.1, -0.05) is 0 Å². The van der Waals surface area contributed by atoms with Crippen LogP contribution in [-0.2, 0) is 4.74 Å². The predicted octanol–water partition coefficient (Wildman–Crippen LogP) is 0.718. The van der Waals surface area contributed by atoms with Crippen molar-refractivity contribution in [3.8, 4) is 0 Å². The first kappa shape index (κ1) is 11.8. The molecule has 100 valence electrons. The van der Waals surface area contributed by atoms with E-state index in [0.29, 0.717) is 4.11 Å². The molecule has 2 heteroatoms.